The second-order valence-corrected chi connectivity index (χ2v) is 4.40. The van der Waals surface area contributed by atoms with Gasteiger partial charge in [-0.05, 0) is 41.5 Å². The molecule has 0 saturated heterocycles. The summed E-state index contributed by atoms with van der Waals surface area (Å²) in [7, 11) is 0. The highest BCUT2D eigenvalue weighted by Crippen LogP contribution is 2.28. The minimum atomic E-state index is 1.11. The molecule has 0 aliphatic carbocycles. The summed E-state index contributed by atoms with van der Waals surface area (Å²) in [5.74, 6) is 0. The summed E-state index contributed by atoms with van der Waals surface area (Å²) in [6, 6.07) is 11.0. The fraction of sp³-hybridized carbons (Fsp3) is 0.231. The van der Waals surface area contributed by atoms with Gasteiger partial charge in [-0.3, -0.25) is 0 Å². The molecule has 0 saturated carbocycles. The van der Waals surface area contributed by atoms with Crippen molar-refractivity contribution in [1.82, 2.24) is 0 Å². The molecule has 0 N–H and O–H groups in total. The van der Waals surface area contributed by atoms with Gasteiger partial charge in [0.2, 0.25) is 0 Å². The number of hydrogen-bond acceptors (Lipinski definition) is 1. The second-order valence-electron chi connectivity index (χ2n) is 3.48. The van der Waals surface area contributed by atoms with Crippen molar-refractivity contribution in [2.45, 2.75) is 20.3 Å². The Kier molecular flexibility index (Phi) is 2.69. The van der Waals surface area contributed by atoms with Gasteiger partial charge < -0.3 is 0 Å². The molecule has 2 rings (SSSR count). The predicted molar refractivity (Wildman–Crippen MR) is 63.9 cm³/mol. The third-order valence-corrected chi connectivity index (χ3v) is 3.55. The predicted octanol–water partition coefficient (Wildman–Crippen LogP) is 4.29. The topological polar surface area (TPSA) is 0 Å². The lowest BCUT2D eigenvalue weighted by Crippen LogP contribution is -1.80. The van der Waals surface area contributed by atoms with E-state index in [9.17, 15) is 0 Å². The van der Waals surface area contributed by atoms with Gasteiger partial charge in [-0.2, -0.15) is 0 Å². The highest BCUT2D eigenvalue weighted by Gasteiger charge is 2.02. The van der Waals surface area contributed by atoms with Crippen LogP contribution < -0.4 is 0 Å². The van der Waals surface area contributed by atoms with Gasteiger partial charge in [0.15, 0.2) is 0 Å². The lowest BCUT2D eigenvalue weighted by atomic mass is 10.1. The van der Waals surface area contributed by atoms with Gasteiger partial charge in [0, 0.05) is 4.88 Å². The van der Waals surface area contributed by atoms with Gasteiger partial charge in [0.25, 0.3) is 0 Å². The normalized spacial score (nSPS) is 10.4. The molecule has 0 radical (unpaired) electrons. The van der Waals surface area contributed by atoms with E-state index in [2.05, 4.69) is 49.6 Å². The van der Waals surface area contributed by atoms with E-state index in [1.54, 1.807) is 0 Å². The van der Waals surface area contributed by atoms with Crippen LogP contribution in [0.3, 0.4) is 0 Å². The highest BCUT2D eigenvalue weighted by atomic mass is 32.1. The van der Waals surface area contributed by atoms with Crippen LogP contribution in [0.25, 0.3) is 10.4 Å². The highest BCUT2D eigenvalue weighted by molar-refractivity contribution is 7.13. The van der Waals surface area contributed by atoms with E-state index in [1.165, 1.54) is 21.6 Å². The molecule has 0 spiro atoms. The molecular formula is C13H14S. The van der Waals surface area contributed by atoms with Crippen LogP contribution in [0.4, 0.5) is 0 Å². The lowest BCUT2D eigenvalue weighted by molar-refractivity contribution is 1.14. The number of rotatable bonds is 2. The first-order valence-electron chi connectivity index (χ1n) is 4.94. The number of aryl methyl sites for hydroxylation is 2. The van der Waals surface area contributed by atoms with Gasteiger partial charge >= 0.3 is 0 Å². The molecule has 1 aromatic heterocycles. The first-order chi connectivity index (χ1) is 6.81. The van der Waals surface area contributed by atoms with Crippen LogP contribution in [0.5, 0.6) is 0 Å². The number of hydrogen-bond donors (Lipinski definition) is 0. The molecule has 1 aromatic carbocycles. The fourth-order valence-corrected chi connectivity index (χ4v) is 2.49. The molecule has 1 heteroatoms. The molecule has 0 aliphatic heterocycles. The molecule has 0 atom stereocenters. The van der Waals surface area contributed by atoms with Gasteiger partial charge in [-0.1, -0.05) is 31.2 Å². The average Bonchev–Trinajstić information content (AvgIpc) is 2.65. The second kappa shape index (κ2) is 3.97. The summed E-state index contributed by atoms with van der Waals surface area (Å²) in [6.45, 7) is 4.35. The van der Waals surface area contributed by atoms with Crippen molar-refractivity contribution in [3.05, 3.63) is 46.8 Å². The molecule has 72 valence electrons. The summed E-state index contributed by atoms with van der Waals surface area (Å²) < 4.78 is 0. The van der Waals surface area contributed by atoms with E-state index < -0.39 is 0 Å². The number of thiophene rings is 1. The maximum atomic E-state index is 2.22. The summed E-state index contributed by atoms with van der Waals surface area (Å²) in [6.07, 6.45) is 1.11. The van der Waals surface area contributed by atoms with Gasteiger partial charge in [0.1, 0.15) is 0 Å². The van der Waals surface area contributed by atoms with Crippen LogP contribution in [0.15, 0.2) is 35.7 Å². The molecule has 0 bridgehead atoms. The van der Waals surface area contributed by atoms with E-state index in [0.29, 0.717) is 0 Å². The van der Waals surface area contributed by atoms with Gasteiger partial charge in [-0.15, -0.1) is 11.3 Å². The fourth-order valence-electron chi connectivity index (χ4n) is 1.56. The molecule has 0 amide bonds. The molecule has 0 fully saturated rings. The smallest absolute Gasteiger partial charge is 0.0371 e. The van der Waals surface area contributed by atoms with E-state index >= 15 is 0 Å². The van der Waals surface area contributed by atoms with E-state index in [-0.39, 0.29) is 0 Å². The quantitative estimate of drug-likeness (QED) is 0.681. The van der Waals surface area contributed by atoms with Crippen LogP contribution in [0.1, 0.15) is 18.1 Å². The third kappa shape index (κ3) is 1.73. The van der Waals surface area contributed by atoms with Crippen LogP contribution in [0.2, 0.25) is 0 Å². The van der Waals surface area contributed by atoms with Gasteiger partial charge in [-0.25, -0.2) is 0 Å². The Morgan fingerprint density at radius 1 is 1.07 bits per heavy atom. The van der Waals surface area contributed by atoms with Crippen molar-refractivity contribution < 1.29 is 0 Å². The maximum Gasteiger partial charge on any atom is 0.0371 e. The van der Waals surface area contributed by atoms with Crippen LogP contribution in [-0.2, 0) is 6.42 Å². The Labute approximate surface area is 89.2 Å². The Balaban J connectivity index is 2.39. The van der Waals surface area contributed by atoms with Crippen LogP contribution >= 0.6 is 11.3 Å². The standard InChI is InChI=1S/C13H14S/c1-3-11-4-6-12(7-5-11)13-10(2)8-9-14-13/h4-9H,3H2,1-2H3. The zero-order valence-corrected chi connectivity index (χ0v) is 9.40. The first kappa shape index (κ1) is 9.47. The zero-order valence-electron chi connectivity index (χ0n) is 8.58. The van der Waals surface area contributed by atoms with Crippen molar-refractivity contribution in [3.63, 3.8) is 0 Å². The largest absolute Gasteiger partial charge is 0.144 e. The van der Waals surface area contributed by atoms with E-state index in [0.717, 1.165) is 6.42 Å². The first-order valence-corrected chi connectivity index (χ1v) is 5.82. The van der Waals surface area contributed by atoms with Crippen molar-refractivity contribution in [3.8, 4) is 10.4 Å². The Morgan fingerprint density at radius 3 is 2.29 bits per heavy atom. The number of benzene rings is 1. The van der Waals surface area contributed by atoms with Crippen LogP contribution in [-0.4, -0.2) is 0 Å². The monoisotopic (exact) mass is 202 g/mol. The van der Waals surface area contributed by atoms with Crippen molar-refractivity contribution >= 4 is 11.3 Å². The molecule has 2 aromatic rings. The average molecular weight is 202 g/mol. The summed E-state index contributed by atoms with van der Waals surface area (Å²) in [5.41, 5.74) is 4.12. The van der Waals surface area contributed by atoms with E-state index in [4.69, 9.17) is 0 Å². The van der Waals surface area contributed by atoms with Gasteiger partial charge in [0.05, 0.1) is 0 Å². The lowest BCUT2D eigenvalue weighted by Gasteiger charge is -2.01. The van der Waals surface area contributed by atoms with Crippen LogP contribution in [0, 0.1) is 6.92 Å². The molecule has 14 heavy (non-hydrogen) atoms. The molecule has 0 nitrogen and oxygen atoms in total. The Bertz CT molecular complexity index is 409. The van der Waals surface area contributed by atoms with E-state index in [1.807, 2.05) is 11.3 Å². The molecule has 1 heterocycles. The van der Waals surface area contributed by atoms with Crippen molar-refractivity contribution in [1.29, 1.82) is 0 Å². The van der Waals surface area contributed by atoms with Crippen molar-refractivity contribution in [2.24, 2.45) is 0 Å². The minimum absolute atomic E-state index is 1.11. The molecular weight excluding hydrogens is 188 g/mol. The summed E-state index contributed by atoms with van der Waals surface area (Å²) in [5, 5.41) is 2.15. The maximum absolute atomic E-state index is 2.22. The van der Waals surface area contributed by atoms with Crippen molar-refractivity contribution in [2.75, 3.05) is 0 Å². The summed E-state index contributed by atoms with van der Waals surface area (Å²) in [4.78, 5) is 1.40. The minimum Gasteiger partial charge on any atom is -0.144 e. The third-order valence-electron chi connectivity index (χ3n) is 2.49. The summed E-state index contributed by atoms with van der Waals surface area (Å²) >= 11 is 1.82. The molecule has 0 aliphatic rings. The Hall–Kier alpha value is -1.08. The Morgan fingerprint density at radius 2 is 1.79 bits per heavy atom. The SMILES string of the molecule is CCc1ccc(-c2sccc2C)cc1. The zero-order chi connectivity index (χ0) is 9.97. The molecule has 0 unspecified atom stereocenters.